The molecule has 0 atom stereocenters. The molecule has 747 valence electrons. The van der Waals surface area contributed by atoms with E-state index in [1.165, 1.54) is 44.5 Å². The molecule has 0 spiro atoms. The predicted octanol–water partition coefficient (Wildman–Crippen LogP) is -0.897. The molecule has 120 heavy (non-hydrogen) atoms. The zero-order chi connectivity index (χ0) is 51.5. The normalized spacial score (nSPS) is 5.65. The Morgan fingerprint density at radius 2 is 0.242 bits per heavy atom. The molecule has 0 aliphatic carbocycles. The number of rotatable bonds is 4. The van der Waals surface area contributed by atoms with Crippen LogP contribution in [-0.2, 0) is 511 Å². The Bertz CT molecular complexity index is 2300. The summed E-state index contributed by atoms with van der Waals surface area (Å²) < 4.78 is 0. The molecule has 68 heteroatoms. The molecular weight excluding hydrogens is 3870 g/mol. The predicted molar refractivity (Wildman–Crippen MR) is 280 cm³/mol. The molecule has 0 unspecified atom stereocenters. The van der Waals surface area contributed by atoms with Gasteiger partial charge in [0.2, 0.25) is 0 Å². The minimum atomic E-state index is -5.61. The van der Waals surface area contributed by atoms with Gasteiger partial charge in [0.1, 0.15) is 0 Å². The summed E-state index contributed by atoms with van der Waals surface area (Å²) in [7, 11) is -5.61. The number of hydrogen-bond acceptors (Lipinski definition) is 16. The van der Waals surface area contributed by atoms with Crippen molar-refractivity contribution in [3.05, 3.63) is 191 Å². The average Bonchev–Trinajstić information content (AvgIpc) is 3.29. The van der Waals surface area contributed by atoms with Gasteiger partial charge in [-0.15, -0.1) is 0 Å². The molecule has 8 aromatic rings. The smallest absolute Gasteiger partial charge is 2.00 e. The van der Waals surface area contributed by atoms with Crippen LogP contribution >= 0.6 is 0 Å². The topological polar surface area (TPSA) is 1300 Å². The van der Waals surface area contributed by atoms with Gasteiger partial charge in [-0.2, -0.15) is 0 Å². The Labute approximate surface area is 896 Å². The summed E-state index contributed by atoms with van der Waals surface area (Å²) in [5.74, 6) is -2.17. The molecule has 0 aliphatic rings. The third-order valence-electron chi connectivity index (χ3n) is 8.34. The van der Waals surface area contributed by atoms with Crippen molar-refractivity contribution in [2.24, 2.45) is 0 Å². The fraction of sp³-hybridized carbons (Fsp3) is 0.192. The van der Waals surface area contributed by atoms with Crippen LogP contribution in [0, 0.1) is 55.4 Å². The number of pyridine rings is 8. The van der Waals surface area contributed by atoms with Crippen molar-refractivity contribution >= 4 is 21.0 Å². The van der Waals surface area contributed by atoms with Gasteiger partial charge < -0.3 is 245 Å². The molecule has 8 aromatic heterocycles. The monoisotopic (exact) mass is 3920 g/mol. The summed E-state index contributed by atoms with van der Waals surface area (Å²) in [5.41, 5.74) is 16.8. The number of carbonyl (C=O) groups is 2. The number of carboxylic acids is 2. The van der Waals surface area contributed by atoms with Crippen LogP contribution in [-0.4, -0.2) is 60.9 Å². The number of aliphatic carboxylic acids is 2. The second kappa shape index (κ2) is 196. The second-order valence-electron chi connectivity index (χ2n) is 15.2. The maximum Gasteiger partial charge on any atom is 2.00 e. The van der Waals surface area contributed by atoms with Crippen molar-refractivity contribution in [2.45, 2.75) is 69.2 Å². The molecule has 3 radical (unpaired) electrons. The van der Waals surface area contributed by atoms with Crippen LogP contribution in [0.1, 0.15) is 58.4 Å². The third-order valence-corrected chi connectivity index (χ3v) is 8.34. The van der Waals surface area contributed by atoms with Crippen molar-refractivity contribution < 1.29 is 540 Å². The minimum absolute atomic E-state index is 0. The van der Waals surface area contributed by atoms with Gasteiger partial charge in [0.05, 0.1) is 45.6 Å². The first-order valence-corrected chi connectivity index (χ1v) is 22.7. The van der Waals surface area contributed by atoms with Gasteiger partial charge in [-0.05, 0) is 162 Å². The Kier molecular flexibility index (Phi) is 566. The van der Waals surface area contributed by atoms with E-state index in [0.717, 1.165) is 59.4 Å². The van der Waals surface area contributed by atoms with Crippen molar-refractivity contribution in [3.8, 4) is 45.6 Å². The molecule has 0 bridgehead atoms. The summed E-state index contributed by atoms with van der Waals surface area (Å²) in [6.07, 6.45) is 14.9. The van der Waals surface area contributed by atoms with Crippen LogP contribution in [0.25, 0.3) is 45.6 Å². The van der Waals surface area contributed by atoms with Crippen molar-refractivity contribution in [2.75, 3.05) is 0 Å². The van der Waals surface area contributed by atoms with Gasteiger partial charge in [0.15, 0.2) is 0 Å². The molecule has 0 saturated heterocycles. The van der Waals surface area contributed by atoms with Crippen LogP contribution in [0.4, 0.5) is 0 Å². The van der Waals surface area contributed by atoms with E-state index >= 15 is 0 Å². The van der Waals surface area contributed by atoms with Gasteiger partial charge in [0.25, 0.3) is 0 Å². The summed E-state index contributed by atoms with van der Waals surface area (Å²) >= 11 is 0. The van der Waals surface area contributed by atoms with Gasteiger partial charge in [-0.3, -0.25) is 39.9 Å². The molecule has 8 heterocycles. The number of hydrogen-bond donors (Lipinski definition) is 0. The van der Waals surface area contributed by atoms with Crippen LogP contribution in [0.15, 0.2) is 147 Å². The third kappa shape index (κ3) is 176. The molecule has 0 aromatic carbocycles. The van der Waals surface area contributed by atoms with Gasteiger partial charge >= 0.3 is 51.2 Å². The van der Waals surface area contributed by atoms with Crippen LogP contribution < -0.4 is 29.4 Å². The van der Waals surface area contributed by atoms with E-state index in [0.29, 0.717) is 0 Å². The van der Waals surface area contributed by atoms with E-state index < -0.39 is 21.0 Å². The molecule has 0 fully saturated rings. The number of aromatic nitrogens is 8. The number of carboxylic acid groups (broad SMARTS) is 2. The number of carbonyl (C=O) groups excluding carboxylic acids is 2. The Morgan fingerprint density at radius 1 is 0.192 bits per heavy atom. The van der Waals surface area contributed by atoms with Gasteiger partial charge in [-0.25, -0.2) is 0 Å². The van der Waals surface area contributed by atoms with E-state index in [9.17, 15) is 0 Å². The SMILES string of the molecule is CC(=O)[O-].CC(=O)[O-].Cc1ccc(-c2ccc(C)cn2)nc1.Cc1ccc(-c2ccc(C)cn2)nc1.Cc1ccc(-c2ccc(C)cn2)nc1.Cc1ccc(-c2ccc(C)cn2)nc1.[Cu+2].[Cu+2].[Cu+2].[O-2].[O-2].[O-2].[O-2].[O-2].[O-2].[O-2].[O-2].[O-2].[O-2].[O-2].[O-2].[O-2].[O-2].[O-2].[O-2].[O-2].[O-2].[O-2].[O-2].[O-2].[O-2].[O-2].[O-2].[O-2].[O-2].[O-2].[O-2].[O-2].[O-2].[O-2].[O-2].[O-2].[O-2].[O-2].[O-2].[O-][Si]([O-])([O-])[O-].[W].[W].[W].[W].[W].[W].[W].[W].[W].[W].[W].[W]. The quantitative estimate of drug-likeness (QED) is 0.193. The fourth-order valence-electron chi connectivity index (χ4n) is 4.95. The fourth-order valence-corrected chi connectivity index (χ4v) is 4.95. The minimum Gasteiger partial charge on any atom is -2.00 e. The number of aryl methyl sites for hydroxylation is 8. The molecule has 8 rings (SSSR count). The maximum atomic E-state index is 8.89. The van der Waals surface area contributed by atoms with Crippen LogP contribution in [0.5, 0.6) is 0 Å². The zero-order valence-corrected chi connectivity index (χ0v) is 99.7. The molecule has 0 N–H and O–H groups in total. The average molecular weight is 3920 g/mol. The molecule has 52 nitrogen and oxygen atoms in total. The van der Waals surface area contributed by atoms with Crippen molar-refractivity contribution in [1.82, 2.24) is 39.9 Å². The first kappa shape index (κ1) is 346. The Hall–Kier alpha value is 0.575. The van der Waals surface area contributed by atoms with E-state index in [2.05, 4.69) is 39.9 Å². The van der Waals surface area contributed by atoms with E-state index in [1.807, 2.05) is 202 Å². The standard InChI is InChI=1S/4C12H12N2.2C2H4O2.3Cu.O4Si.36O.12W/c4*1-9-3-5-11(13-7-9)12-6-4-10(2)8-14-12;2*1-2(3)4;;;;1-5(2,3)4;;;;;;;;;;;;;;;;;;;;;;;;;;;;;;;;;;;;;;;;;;;;;;;;/h4*3-8H,1-2H3;2*1H3,(H,3,4);;;;;;;;;;;;;;;;;;;;;;;;;;;;;;;;;;;;;;;;;;;;;;;;;;;;/q;;;;;;3*+2;-4;36*-2;;;;;;;;;;;;/p-2. The maximum absolute atomic E-state index is 8.89. The Balaban J connectivity index is -0.00000000952. The van der Waals surface area contributed by atoms with Crippen LogP contribution in [0.3, 0.4) is 0 Å². The summed E-state index contributed by atoms with van der Waals surface area (Å²) in [4.78, 5) is 86.6. The van der Waals surface area contributed by atoms with Crippen molar-refractivity contribution in [3.63, 3.8) is 0 Å². The summed E-state index contributed by atoms with van der Waals surface area (Å²) in [6, 6.07) is 32.3. The van der Waals surface area contributed by atoms with Crippen molar-refractivity contribution in [1.29, 1.82) is 0 Å². The van der Waals surface area contributed by atoms with Gasteiger partial charge in [-0.1, -0.05) is 48.5 Å². The number of nitrogens with zero attached hydrogens (tertiary/aromatic N) is 8. The summed E-state index contributed by atoms with van der Waals surface area (Å²) in [6.45, 7) is 18.2. The van der Waals surface area contributed by atoms with Crippen LogP contribution in [0.2, 0.25) is 0 Å². The molecular formula is C52H54Cu3N8O44SiW12-72. The molecule has 0 aliphatic heterocycles. The first-order valence-electron chi connectivity index (χ1n) is 21.1. The molecule has 0 saturated carbocycles. The molecule has 0 amide bonds. The van der Waals surface area contributed by atoms with E-state index in [1.54, 1.807) is 0 Å². The van der Waals surface area contributed by atoms with E-state index in [-0.39, 0.29) is 501 Å². The Morgan fingerprint density at radius 3 is 0.275 bits per heavy atom. The first-order chi connectivity index (χ1) is 32.5. The summed E-state index contributed by atoms with van der Waals surface area (Å²) in [5, 5.41) is 17.8. The second-order valence-corrected chi connectivity index (χ2v) is 16.2. The van der Waals surface area contributed by atoms with E-state index in [4.69, 9.17) is 39.0 Å². The van der Waals surface area contributed by atoms with Gasteiger partial charge in [0, 0.05) is 314 Å². The largest absolute Gasteiger partial charge is 2.00 e. The zero-order valence-electron chi connectivity index (χ0n) is 60.7.